The summed E-state index contributed by atoms with van der Waals surface area (Å²) in [5.74, 6) is -0.0566. The van der Waals surface area contributed by atoms with Crippen LogP contribution >= 0.6 is 27.3 Å². The molecule has 0 aliphatic rings. The molecule has 2 rings (SSSR count). The van der Waals surface area contributed by atoms with E-state index in [1.54, 1.807) is 11.3 Å². The van der Waals surface area contributed by atoms with E-state index in [4.69, 9.17) is 0 Å². The smallest absolute Gasteiger partial charge is 0.221 e. The summed E-state index contributed by atoms with van der Waals surface area (Å²) < 4.78 is 1.14. The molecule has 18 heavy (non-hydrogen) atoms. The third kappa shape index (κ3) is 3.85. The standard InChI is InChI=1S/C13H13BrN2OS/c1-9(17)16-12-4-2-11(3-5-12)15-7-10-6-13(14)18-8-10/h2-6,8,15H,7H2,1H3,(H,16,17). The van der Waals surface area contributed by atoms with Gasteiger partial charge in [0.1, 0.15) is 0 Å². The third-order valence-corrected chi connectivity index (χ3v) is 3.88. The Hall–Kier alpha value is -1.33. The largest absolute Gasteiger partial charge is 0.381 e. The molecule has 0 saturated carbocycles. The van der Waals surface area contributed by atoms with Crippen molar-refractivity contribution in [3.8, 4) is 0 Å². The van der Waals surface area contributed by atoms with E-state index in [0.717, 1.165) is 21.7 Å². The minimum atomic E-state index is -0.0566. The van der Waals surface area contributed by atoms with Crippen LogP contribution in [0.15, 0.2) is 39.5 Å². The van der Waals surface area contributed by atoms with Crippen molar-refractivity contribution in [3.05, 3.63) is 45.1 Å². The number of carbonyl (C=O) groups excluding carboxylic acids is 1. The van der Waals surface area contributed by atoms with Crippen molar-refractivity contribution in [2.45, 2.75) is 13.5 Å². The van der Waals surface area contributed by atoms with Crippen LogP contribution in [0.25, 0.3) is 0 Å². The van der Waals surface area contributed by atoms with E-state index in [2.05, 4.69) is 38.0 Å². The Morgan fingerprint density at radius 1 is 1.28 bits per heavy atom. The number of hydrogen-bond donors (Lipinski definition) is 2. The van der Waals surface area contributed by atoms with Crippen LogP contribution < -0.4 is 10.6 Å². The summed E-state index contributed by atoms with van der Waals surface area (Å²) in [7, 11) is 0. The highest BCUT2D eigenvalue weighted by Crippen LogP contribution is 2.21. The second kappa shape index (κ2) is 6.02. The summed E-state index contributed by atoms with van der Waals surface area (Å²) in [5.41, 5.74) is 3.09. The first-order chi connectivity index (χ1) is 8.63. The summed E-state index contributed by atoms with van der Waals surface area (Å²) in [5, 5.41) is 8.18. The molecule has 1 heterocycles. The van der Waals surface area contributed by atoms with Crippen LogP contribution in [-0.4, -0.2) is 5.91 Å². The molecule has 0 saturated heterocycles. The number of halogens is 1. The average molecular weight is 325 g/mol. The first-order valence-electron chi connectivity index (χ1n) is 5.48. The summed E-state index contributed by atoms with van der Waals surface area (Å²) in [6.07, 6.45) is 0. The van der Waals surface area contributed by atoms with Gasteiger partial charge in [-0.1, -0.05) is 0 Å². The summed E-state index contributed by atoms with van der Waals surface area (Å²) >= 11 is 5.12. The number of hydrogen-bond acceptors (Lipinski definition) is 3. The minimum absolute atomic E-state index is 0.0566. The number of thiophene rings is 1. The van der Waals surface area contributed by atoms with E-state index < -0.39 is 0 Å². The van der Waals surface area contributed by atoms with E-state index in [9.17, 15) is 4.79 Å². The van der Waals surface area contributed by atoms with Crippen molar-refractivity contribution in [1.29, 1.82) is 0 Å². The van der Waals surface area contributed by atoms with Crippen LogP contribution in [0.1, 0.15) is 12.5 Å². The molecule has 0 fully saturated rings. The lowest BCUT2D eigenvalue weighted by Crippen LogP contribution is -2.05. The zero-order chi connectivity index (χ0) is 13.0. The van der Waals surface area contributed by atoms with Gasteiger partial charge >= 0.3 is 0 Å². The number of rotatable bonds is 4. The highest BCUT2D eigenvalue weighted by Gasteiger charge is 1.99. The number of amides is 1. The van der Waals surface area contributed by atoms with Crippen LogP contribution in [0.4, 0.5) is 11.4 Å². The maximum absolute atomic E-state index is 10.9. The van der Waals surface area contributed by atoms with Crippen molar-refractivity contribution < 1.29 is 4.79 Å². The molecule has 3 nitrogen and oxygen atoms in total. The molecule has 0 atom stereocenters. The topological polar surface area (TPSA) is 41.1 Å². The Morgan fingerprint density at radius 3 is 2.50 bits per heavy atom. The lowest BCUT2D eigenvalue weighted by molar-refractivity contribution is -0.114. The monoisotopic (exact) mass is 324 g/mol. The number of anilines is 2. The van der Waals surface area contributed by atoms with Crippen LogP contribution in [-0.2, 0) is 11.3 Å². The quantitative estimate of drug-likeness (QED) is 0.889. The summed E-state index contributed by atoms with van der Waals surface area (Å²) in [4.78, 5) is 10.9. The molecule has 5 heteroatoms. The molecule has 0 radical (unpaired) electrons. The Bertz CT molecular complexity index is 536. The molecular weight excluding hydrogens is 312 g/mol. The van der Waals surface area contributed by atoms with Gasteiger partial charge in [0.15, 0.2) is 0 Å². The molecular formula is C13H13BrN2OS. The zero-order valence-electron chi connectivity index (χ0n) is 9.87. The van der Waals surface area contributed by atoms with E-state index in [-0.39, 0.29) is 5.91 Å². The fourth-order valence-corrected chi connectivity index (χ4v) is 2.73. The van der Waals surface area contributed by atoms with Gasteiger partial charge in [-0.3, -0.25) is 4.79 Å². The molecule has 2 N–H and O–H groups in total. The highest BCUT2D eigenvalue weighted by atomic mass is 79.9. The summed E-state index contributed by atoms with van der Waals surface area (Å²) in [6.45, 7) is 2.29. The van der Waals surface area contributed by atoms with Gasteiger partial charge in [0.2, 0.25) is 5.91 Å². The van der Waals surface area contributed by atoms with Crippen LogP contribution in [0.5, 0.6) is 0 Å². The van der Waals surface area contributed by atoms with E-state index in [0.29, 0.717) is 0 Å². The van der Waals surface area contributed by atoms with Crippen LogP contribution in [0.2, 0.25) is 0 Å². The van der Waals surface area contributed by atoms with Crippen molar-refractivity contribution in [1.82, 2.24) is 0 Å². The van der Waals surface area contributed by atoms with Gasteiger partial charge in [-0.2, -0.15) is 0 Å². The van der Waals surface area contributed by atoms with E-state index in [1.807, 2.05) is 24.3 Å². The van der Waals surface area contributed by atoms with Crippen LogP contribution in [0, 0.1) is 0 Å². The first kappa shape index (κ1) is 13.1. The Morgan fingerprint density at radius 2 is 1.94 bits per heavy atom. The number of nitrogens with one attached hydrogen (secondary N) is 2. The maximum atomic E-state index is 10.9. The zero-order valence-corrected chi connectivity index (χ0v) is 12.3. The average Bonchev–Trinajstić information content (AvgIpc) is 2.74. The Labute approximate surface area is 118 Å². The van der Waals surface area contributed by atoms with Gasteiger partial charge in [0.05, 0.1) is 3.79 Å². The Kier molecular flexibility index (Phi) is 4.38. The number of benzene rings is 1. The lowest BCUT2D eigenvalue weighted by atomic mass is 10.2. The van der Waals surface area contributed by atoms with Crippen molar-refractivity contribution in [3.63, 3.8) is 0 Å². The Balaban J connectivity index is 1.92. The molecule has 2 aromatic rings. The fraction of sp³-hybridized carbons (Fsp3) is 0.154. The van der Waals surface area contributed by atoms with Crippen molar-refractivity contribution >= 4 is 44.5 Å². The minimum Gasteiger partial charge on any atom is -0.381 e. The van der Waals surface area contributed by atoms with Gasteiger partial charge in [0, 0.05) is 24.8 Å². The van der Waals surface area contributed by atoms with Gasteiger partial charge < -0.3 is 10.6 Å². The van der Waals surface area contributed by atoms with Gasteiger partial charge in [-0.25, -0.2) is 0 Å². The molecule has 0 bridgehead atoms. The molecule has 0 aliphatic carbocycles. The molecule has 94 valence electrons. The molecule has 0 aliphatic heterocycles. The van der Waals surface area contributed by atoms with E-state index >= 15 is 0 Å². The predicted octanol–water partition coefficient (Wildman–Crippen LogP) is 4.08. The number of carbonyl (C=O) groups is 1. The fourth-order valence-electron chi connectivity index (χ4n) is 1.52. The lowest BCUT2D eigenvalue weighted by Gasteiger charge is -2.06. The SMILES string of the molecule is CC(=O)Nc1ccc(NCc2csc(Br)c2)cc1. The predicted molar refractivity (Wildman–Crippen MR) is 80.1 cm³/mol. The molecule has 1 amide bonds. The van der Waals surface area contributed by atoms with Crippen molar-refractivity contribution in [2.75, 3.05) is 10.6 Å². The second-order valence-corrected chi connectivity index (χ2v) is 6.16. The molecule has 0 spiro atoms. The van der Waals surface area contributed by atoms with Gasteiger partial charge in [-0.15, -0.1) is 11.3 Å². The first-order valence-corrected chi connectivity index (χ1v) is 7.15. The molecule has 0 unspecified atom stereocenters. The second-order valence-electron chi connectivity index (χ2n) is 3.87. The van der Waals surface area contributed by atoms with Crippen molar-refractivity contribution in [2.24, 2.45) is 0 Å². The third-order valence-electron chi connectivity index (χ3n) is 2.32. The summed E-state index contributed by atoms with van der Waals surface area (Å²) in [6, 6.07) is 9.77. The van der Waals surface area contributed by atoms with E-state index in [1.165, 1.54) is 12.5 Å². The van der Waals surface area contributed by atoms with Gasteiger partial charge in [0.25, 0.3) is 0 Å². The van der Waals surface area contributed by atoms with Gasteiger partial charge in [-0.05, 0) is 57.2 Å². The molecule has 1 aromatic heterocycles. The van der Waals surface area contributed by atoms with Crippen LogP contribution in [0.3, 0.4) is 0 Å². The highest BCUT2D eigenvalue weighted by molar-refractivity contribution is 9.11. The molecule has 1 aromatic carbocycles. The normalized spacial score (nSPS) is 10.1. The maximum Gasteiger partial charge on any atom is 0.221 e.